The zero-order chi connectivity index (χ0) is 13.9. The van der Waals surface area contributed by atoms with E-state index in [9.17, 15) is 4.39 Å². The predicted molar refractivity (Wildman–Crippen MR) is 80.9 cm³/mol. The molecule has 0 unspecified atom stereocenters. The summed E-state index contributed by atoms with van der Waals surface area (Å²) in [5.41, 5.74) is 7.81. The summed E-state index contributed by atoms with van der Waals surface area (Å²) in [4.78, 5) is 3.87. The molecule has 2 aromatic rings. The van der Waals surface area contributed by atoms with Gasteiger partial charge in [0.05, 0.1) is 0 Å². The Hall–Kier alpha value is -1.23. The van der Waals surface area contributed by atoms with Crippen molar-refractivity contribution in [3.05, 3.63) is 57.5 Å². The maximum atomic E-state index is 13.3. The Labute approximate surface area is 123 Å². The van der Waals surface area contributed by atoms with Crippen LogP contribution in [-0.4, -0.2) is 10.9 Å². The lowest BCUT2D eigenvalue weighted by Crippen LogP contribution is -2.25. The topological polar surface area (TPSA) is 29.3 Å². The van der Waals surface area contributed by atoms with Crippen LogP contribution in [0.3, 0.4) is 0 Å². The van der Waals surface area contributed by atoms with Crippen molar-refractivity contribution < 1.29 is 4.39 Å². The highest BCUT2D eigenvalue weighted by atomic mass is 32.1. The van der Waals surface area contributed by atoms with Gasteiger partial charge in [0.1, 0.15) is 5.82 Å². The first-order valence-electron chi connectivity index (χ1n) is 7.00. The van der Waals surface area contributed by atoms with Gasteiger partial charge < -0.3 is 5.73 Å². The summed E-state index contributed by atoms with van der Waals surface area (Å²) in [6.45, 7) is 2.23. The lowest BCUT2D eigenvalue weighted by molar-refractivity contribution is 0.247. The van der Waals surface area contributed by atoms with Crippen LogP contribution in [0.15, 0.2) is 35.7 Å². The molecule has 0 aliphatic heterocycles. The van der Waals surface area contributed by atoms with E-state index in [-0.39, 0.29) is 5.82 Å². The van der Waals surface area contributed by atoms with Gasteiger partial charge in [-0.15, -0.1) is 11.3 Å². The van der Waals surface area contributed by atoms with Crippen LogP contribution in [0.25, 0.3) is 0 Å². The maximum absolute atomic E-state index is 13.3. The predicted octanol–water partition coefficient (Wildman–Crippen LogP) is 3.51. The van der Waals surface area contributed by atoms with E-state index in [1.54, 1.807) is 17.4 Å². The lowest BCUT2D eigenvalue weighted by atomic mass is 10.1. The van der Waals surface area contributed by atoms with Crippen LogP contribution in [0.4, 0.5) is 4.39 Å². The molecule has 1 saturated carbocycles. The van der Waals surface area contributed by atoms with E-state index in [0.717, 1.165) is 24.2 Å². The molecule has 2 nitrogen and oxygen atoms in total. The summed E-state index contributed by atoms with van der Waals surface area (Å²) >= 11 is 1.79. The highest BCUT2D eigenvalue weighted by molar-refractivity contribution is 7.09. The van der Waals surface area contributed by atoms with Gasteiger partial charge in [0.2, 0.25) is 0 Å². The van der Waals surface area contributed by atoms with Crippen molar-refractivity contribution in [1.82, 2.24) is 4.90 Å². The monoisotopic (exact) mass is 290 g/mol. The van der Waals surface area contributed by atoms with Crippen LogP contribution in [0.5, 0.6) is 0 Å². The SMILES string of the molecule is NCc1cc(F)ccc1CN(Cc1cccs1)C1CC1. The van der Waals surface area contributed by atoms with Crippen LogP contribution >= 0.6 is 11.3 Å². The minimum Gasteiger partial charge on any atom is -0.326 e. The second-order valence-corrected chi connectivity index (χ2v) is 6.36. The summed E-state index contributed by atoms with van der Waals surface area (Å²) in [6.07, 6.45) is 2.54. The van der Waals surface area contributed by atoms with Crippen molar-refractivity contribution in [1.29, 1.82) is 0 Å². The quantitative estimate of drug-likeness (QED) is 0.882. The molecule has 3 rings (SSSR count). The molecule has 2 N–H and O–H groups in total. The summed E-state index contributed by atoms with van der Waals surface area (Å²) in [5, 5.41) is 2.11. The van der Waals surface area contributed by atoms with Gasteiger partial charge in [-0.1, -0.05) is 12.1 Å². The first-order valence-corrected chi connectivity index (χ1v) is 7.88. The van der Waals surface area contributed by atoms with Crippen molar-refractivity contribution in [2.45, 2.75) is 38.5 Å². The second kappa shape index (κ2) is 6.04. The van der Waals surface area contributed by atoms with Gasteiger partial charge in [-0.25, -0.2) is 4.39 Å². The fraction of sp³-hybridized carbons (Fsp3) is 0.375. The van der Waals surface area contributed by atoms with E-state index in [2.05, 4.69) is 22.4 Å². The highest BCUT2D eigenvalue weighted by Crippen LogP contribution is 2.31. The Bertz CT molecular complexity index is 564. The van der Waals surface area contributed by atoms with E-state index in [1.165, 1.54) is 23.8 Å². The number of halogens is 1. The third-order valence-electron chi connectivity index (χ3n) is 3.76. The Morgan fingerprint density at radius 3 is 2.70 bits per heavy atom. The fourth-order valence-corrected chi connectivity index (χ4v) is 3.24. The molecule has 20 heavy (non-hydrogen) atoms. The molecule has 0 amide bonds. The molecule has 0 atom stereocenters. The van der Waals surface area contributed by atoms with Gasteiger partial charge in [0, 0.05) is 30.6 Å². The standard InChI is InChI=1S/C16H19FN2S/c17-14-4-3-12(13(8-14)9-18)10-19(15-5-6-15)11-16-2-1-7-20-16/h1-4,7-8,15H,5-6,9-11,18H2. The largest absolute Gasteiger partial charge is 0.326 e. The maximum Gasteiger partial charge on any atom is 0.123 e. The van der Waals surface area contributed by atoms with Crippen molar-refractivity contribution in [2.24, 2.45) is 5.73 Å². The van der Waals surface area contributed by atoms with Crippen LogP contribution in [0.1, 0.15) is 28.8 Å². The summed E-state index contributed by atoms with van der Waals surface area (Å²) < 4.78 is 13.3. The summed E-state index contributed by atoms with van der Waals surface area (Å²) in [6, 6.07) is 9.91. The minimum absolute atomic E-state index is 0.203. The molecule has 0 spiro atoms. The molecule has 0 bridgehead atoms. The van der Waals surface area contributed by atoms with Gasteiger partial charge >= 0.3 is 0 Å². The van der Waals surface area contributed by atoms with Crippen LogP contribution in [-0.2, 0) is 19.6 Å². The third kappa shape index (κ3) is 3.26. The molecule has 1 fully saturated rings. The lowest BCUT2D eigenvalue weighted by Gasteiger charge is -2.22. The molecule has 1 aromatic carbocycles. The van der Waals surface area contributed by atoms with Crippen LogP contribution < -0.4 is 5.73 Å². The molecule has 1 aliphatic rings. The molecular formula is C16H19FN2S. The van der Waals surface area contributed by atoms with E-state index < -0.39 is 0 Å². The zero-order valence-corrected chi connectivity index (χ0v) is 12.2. The third-order valence-corrected chi connectivity index (χ3v) is 4.63. The Morgan fingerprint density at radius 1 is 1.20 bits per heavy atom. The molecule has 0 saturated heterocycles. The molecular weight excluding hydrogens is 271 g/mol. The molecule has 1 aromatic heterocycles. The fourth-order valence-electron chi connectivity index (χ4n) is 2.51. The van der Waals surface area contributed by atoms with E-state index >= 15 is 0 Å². The molecule has 106 valence electrons. The normalized spacial score (nSPS) is 14.9. The van der Waals surface area contributed by atoms with E-state index in [4.69, 9.17) is 5.73 Å². The number of hydrogen-bond donors (Lipinski definition) is 1. The minimum atomic E-state index is -0.203. The van der Waals surface area contributed by atoms with Crippen LogP contribution in [0.2, 0.25) is 0 Å². The second-order valence-electron chi connectivity index (χ2n) is 5.33. The Kier molecular flexibility index (Phi) is 4.15. The molecule has 4 heteroatoms. The summed E-state index contributed by atoms with van der Waals surface area (Å²) in [7, 11) is 0. The van der Waals surface area contributed by atoms with Gasteiger partial charge in [-0.05, 0) is 47.5 Å². The summed E-state index contributed by atoms with van der Waals surface area (Å²) in [5.74, 6) is -0.203. The van der Waals surface area contributed by atoms with Gasteiger partial charge in [0.15, 0.2) is 0 Å². The van der Waals surface area contributed by atoms with Crippen molar-refractivity contribution in [3.63, 3.8) is 0 Å². The van der Waals surface area contributed by atoms with E-state index in [1.807, 2.05) is 6.07 Å². The Morgan fingerprint density at radius 2 is 2.05 bits per heavy atom. The first-order chi connectivity index (χ1) is 9.76. The first kappa shape index (κ1) is 13.7. The molecule has 1 heterocycles. The van der Waals surface area contributed by atoms with Crippen molar-refractivity contribution in [3.8, 4) is 0 Å². The molecule has 0 radical (unpaired) electrons. The van der Waals surface area contributed by atoms with Crippen LogP contribution in [0, 0.1) is 5.82 Å². The van der Waals surface area contributed by atoms with Gasteiger partial charge in [-0.3, -0.25) is 4.90 Å². The number of rotatable bonds is 6. The van der Waals surface area contributed by atoms with Gasteiger partial charge in [0.25, 0.3) is 0 Å². The number of nitrogens with two attached hydrogens (primary N) is 1. The van der Waals surface area contributed by atoms with Crippen molar-refractivity contribution in [2.75, 3.05) is 0 Å². The average molecular weight is 290 g/mol. The smallest absolute Gasteiger partial charge is 0.123 e. The van der Waals surface area contributed by atoms with Crippen molar-refractivity contribution >= 4 is 11.3 Å². The molecule has 1 aliphatic carbocycles. The Balaban J connectivity index is 1.76. The van der Waals surface area contributed by atoms with E-state index in [0.29, 0.717) is 12.6 Å². The number of hydrogen-bond acceptors (Lipinski definition) is 3. The number of thiophene rings is 1. The number of nitrogens with zero attached hydrogens (tertiary/aromatic N) is 1. The van der Waals surface area contributed by atoms with Gasteiger partial charge in [-0.2, -0.15) is 0 Å². The average Bonchev–Trinajstić information content (AvgIpc) is 3.18. The number of benzene rings is 1. The zero-order valence-electron chi connectivity index (χ0n) is 11.4. The highest BCUT2D eigenvalue weighted by Gasteiger charge is 2.29.